The number of hydrazone groups is 1. The Labute approximate surface area is 181 Å². The summed E-state index contributed by atoms with van der Waals surface area (Å²) in [7, 11) is 3.83. The van der Waals surface area contributed by atoms with Gasteiger partial charge < -0.3 is 0 Å². The van der Waals surface area contributed by atoms with Gasteiger partial charge in [0, 0.05) is 14.1 Å². The van der Waals surface area contributed by atoms with Crippen LogP contribution in [0.3, 0.4) is 0 Å². The van der Waals surface area contributed by atoms with Crippen LogP contribution in [0.5, 0.6) is 0 Å². The van der Waals surface area contributed by atoms with Crippen molar-refractivity contribution in [3.8, 4) is 5.69 Å². The first-order valence-electron chi connectivity index (χ1n) is 10.1. The highest BCUT2D eigenvalue weighted by atomic mass is 32.2. The molecular weight excluding hydrogens is 394 g/mol. The summed E-state index contributed by atoms with van der Waals surface area (Å²) in [5, 5.41) is 9.10. The summed E-state index contributed by atoms with van der Waals surface area (Å²) in [6, 6.07) is 20.0. The maximum atomic E-state index is 13.4. The number of hydrogen-bond acceptors (Lipinski definition) is 5. The molecule has 156 valence electrons. The number of anilines is 1. The molecule has 2 heterocycles. The molecule has 0 fully saturated rings. The largest absolute Gasteiger partial charge is 0.297 e. The van der Waals surface area contributed by atoms with Crippen LogP contribution in [-0.2, 0) is 7.05 Å². The second kappa shape index (κ2) is 8.44. The number of nitrogens with zero attached hydrogens (tertiary/aromatic N) is 5. The minimum Gasteiger partial charge on any atom is -0.283 e. The SMILES string of the molecule is CCC1SCN(N(C)c2c(C)n(C)n(-c3ccccc3)c2=O)N=C1c1ccccc1. The molecule has 0 spiro atoms. The number of hydrogen-bond donors (Lipinski definition) is 0. The first-order chi connectivity index (χ1) is 14.5. The van der Waals surface area contributed by atoms with Crippen molar-refractivity contribution in [3.05, 3.63) is 82.3 Å². The lowest BCUT2D eigenvalue weighted by molar-refractivity contribution is 0.323. The summed E-state index contributed by atoms with van der Waals surface area (Å²) in [4.78, 5) is 13.4. The topological polar surface area (TPSA) is 45.8 Å². The predicted molar refractivity (Wildman–Crippen MR) is 126 cm³/mol. The van der Waals surface area contributed by atoms with E-state index in [1.807, 2.05) is 96.1 Å². The van der Waals surface area contributed by atoms with E-state index < -0.39 is 0 Å². The Morgan fingerprint density at radius 1 is 1.10 bits per heavy atom. The van der Waals surface area contributed by atoms with Crippen LogP contribution in [0.25, 0.3) is 5.69 Å². The van der Waals surface area contributed by atoms with Crippen LogP contribution in [0.1, 0.15) is 24.6 Å². The molecular formula is C23H27N5OS. The molecule has 0 amide bonds. The minimum absolute atomic E-state index is 0.0530. The van der Waals surface area contributed by atoms with E-state index in [2.05, 4.69) is 19.1 Å². The van der Waals surface area contributed by atoms with E-state index in [9.17, 15) is 4.79 Å². The minimum atomic E-state index is -0.0530. The number of benzene rings is 2. The average Bonchev–Trinajstić information content (AvgIpc) is 3.02. The lowest BCUT2D eigenvalue weighted by Gasteiger charge is -2.36. The van der Waals surface area contributed by atoms with Crippen LogP contribution in [0.4, 0.5) is 5.69 Å². The molecule has 2 aromatic carbocycles. The third-order valence-corrected chi connectivity index (χ3v) is 6.89. The van der Waals surface area contributed by atoms with Gasteiger partial charge in [0.15, 0.2) is 0 Å². The van der Waals surface area contributed by atoms with Crippen molar-refractivity contribution in [1.82, 2.24) is 14.5 Å². The molecule has 0 aliphatic carbocycles. The Morgan fingerprint density at radius 3 is 2.37 bits per heavy atom. The van der Waals surface area contributed by atoms with Gasteiger partial charge in [0.25, 0.3) is 5.56 Å². The molecule has 0 saturated carbocycles. The van der Waals surface area contributed by atoms with Crippen LogP contribution in [0.2, 0.25) is 0 Å². The highest BCUT2D eigenvalue weighted by molar-refractivity contribution is 8.00. The van der Waals surface area contributed by atoms with Crippen molar-refractivity contribution in [3.63, 3.8) is 0 Å². The monoisotopic (exact) mass is 421 g/mol. The van der Waals surface area contributed by atoms with Crippen molar-refractivity contribution in [2.75, 3.05) is 17.9 Å². The van der Waals surface area contributed by atoms with Gasteiger partial charge in [0.2, 0.25) is 0 Å². The Balaban J connectivity index is 1.75. The van der Waals surface area contributed by atoms with E-state index in [-0.39, 0.29) is 5.56 Å². The van der Waals surface area contributed by atoms with Crippen molar-refractivity contribution >= 4 is 23.2 Å². The van der Waals surface area contributed by atoms with E-state index in [1.165, 1.54) is 0 Å². The molecule has 1 aromatic heterocycles. The molecule has 4 rings (SSSR count). The van der Waals surface area contributed by atoms with E-state index >= 15 is 0 Å². The molecule has 6 nitrogen and oxygen atoms in total. The Bertz CT molecular complexity index is 1100. The quantitative estimate of drug-likeness (QED) is 0.624. The molecule has 1 unspecified atom stereocenters. The lowest BCUT2D eigenvalue weighted by atomic mass is 10.1. The first-order valence-corrected chi connectivity index (χ1v) is 11.2. The lowest BCUT2D eigenvalue weighted by Crippen LogP contribution is -2.43. The second-order valence-corrected chi connectivity index (χ2v) is 8.51. The van der Waals surface area contributed by atoms with Gasteiger partial charge in [-0.2, -0.15) is 10.2 Å². The smallest absolute Gasteiger partial charge is 0.283 e. The molecule has 1 atom stereocenters. The summed E-state index contributed by atoms with van der Waals surface area (Å²) in [5.74, 6) is 0.699. The molecule has 3 aromatic rings. The fourth-order valence-corrected chi connectivity index (χ4v) is 4.93. The van der Waals surface area contributed by atoms with Crippen LogP contribution in [0.15, 0.2) is 70.6 Å². The van der Waals surface area contributed by atoms with E-state index in [4.69, 9.17) is 5.10 Å². The molecule has 1 aliphatic rings. The molecule has 1 aliphatic heterocycles. The van der Waals surface area contributed by atoms with Gasteiger partial charge in [-0.25, -0.2) is 4.68 Å². The Kier molecular flexibility index (Phi) is 5.72. The molecule has 0 N–H and O–H groups in total. The Hall–Kier alpha value is -2.93. The van der Waals surface area contributed by atoms with Gasteiger partial charge in [-0.3, -0.25) is 14.5 Å². The Morgan fingerprint density at radius 2 is 1.73 bits per heavy atom. The molecule has 0 bridgehead atoms. The second-order valence-electron chi connectivity index (χ2n) is 7.35. The van der Waals surface area contributed by atoms with Crippen molar-refractivity contribution < 1.29 is 0 Å². The zero-order valence-corrected chi connectivity index (χ0v) is 18.6. The summed E-state index contributed by atoms with van der Waals surface area (Å²) in [6.45, 7) is 4.16. The van der Waals surface area contributed by atoms with Crippen LogP contribution >= 0.6 is 11.8 Å². The number of hydrazine groups is 1. The maximum Gasteiger partial charge on any atom is 0.297 e. The number of aromatic nitrogens is 2. The summed E-state index contributed by atoms with van der Waals surface area (Å²) in [5.41, 5.74) is 4.50. The normalized spacial score (nSPS) is 16.5. The zero-order valence-electron chi connectivity index (χ0n) is 17.8. The molecule has 0 saturated heterocycles. The number of thioether (sulfide) groups is 1. The van der Waals surface area contributed by atoms with Gasteiger partial charge >= 0.3 is 0 Å². The fraction of sp³-hybridized carbons (Fsp3) is 0.304. The van der Waals surface area contributed by atoms with Crippen LogP contribution in [-0.4, -0.2) is 38.4 Å². The van der Waals surface area contributed by atoms with Gasteiger partial charge in [0.1, 0.15) is 11.6 Å². The zero-order chi connectivity index (χ0) is 21.3. The van der Waals surface area contributed by atoms with E-state index in [1.54, 1.807) is 4.68 Å². The number of para-hydroxylation sites is 1. The van der Waals surface area contributed by atoms with E-state index in [0.29, 0.717) is 16.8 Å². The molecule has 0 radical (unpaired) electrons. The summed E-state index contributed by atoms with van der Waals surface area (Å²) < 4.78 is 3.60. The van der Waals surface area contributed by atoms with Crippen molar-refractivity contribution in [1.29, 1.82) is 0 Å². The highest BCUT2D eigenvalue weighted by Crippen LogP contribution is 2.29. The van der Waals surface area contributed by atoms with Gasteiger partial charge in [-0.15, -0.1) is 11.8 Å². The van der Waals surface area contributed by atoms with Crippen LogP contribution < -0.4 is 10.6 Å². The van der Waals surface area contributed by atoms with Gasteiger partial charge in [-0.05, 0) is 31.0 Å². The molecule has 7 heteroatoms. The number of rotatable bonds is 5. The van der Waals surface area contributed by atoms with Crippen molar-refractivity contribution in [2.45, 2.75) is 25.5 Å². The fourth-order valence-electron chi connectivity index (χ4n) is 3.81. The summed E-state index contributed by atoms with van der Waals surface area (Å²) in [6.07, 6.45) is 1.02. The standard InChI is InChI=1S/C23H27N5OS/c1-5-20-21(18-12-8-6-9-13-18)24-27(16-30-20)26(4)22-17(2)25(3)28(23(22)29)19-14-10-7-11-15-19/h6-15,20H,5,16H2,1-4H3. The highest BCUT2D eigenvalue weighted by Gasteiger charge is 2.28. The van der Waals surface area contributed by atoms with Gasteiger partial charge in [0.05, 0.1) is 22.3 Å². The maximum absolute atomic E-state index is 13.4. The molecule has 30 heavy (non-hydrogen) atoms. The average molecular weight is 422 g/mol. The van der Waals surface area contributed by atoms with E-state index in [0.717, 1.165) is 29.1 Å². The summed E-state index contributed by atoms with van der Waals surface area (Å²) >= 11 is 1.85. The van der Waals surface area contributed by atoms with Crippen molar-refractivity contribution in [2.24, 2.45) is 12.1 Å². The van der Waals surface area contributed by atoms with Gasteiger partial charge in [-0.1, -0.05) is 55.5 Å². The van der Waals surface area contributed by atoms with Crippen LogP contribution in [0, 0.1) is 6.92 Å². The third kappa shape index (κ3) is 3.54. The first kappa shape index (κ1) is 20.3. The third-order valence-electron chi connectivity index (χ3n) is 5.55. The predicted octanol–water partition coefficient (Wildman–Crippen LogP) is 4.02.